The van der Waals surface area contributed by atoms with Crippen LogP contribution in [0.25, 0.3) is 0 Å². The summed E-state index contributed by atoms with van der Waals surface area (Å²) in [5.41, 5.74) is 2.88. The molecule has 3 unspecified atom stereocenters. The van der Waals surface area contributed by atoms with Crippen LogP contribution in [-0.2, 0) is 6.42 Å². The van der Waals surface area contributed by atoms with Gasteiger partial charge in [-0.2, -0.15) is 0 Å². The molecule has 1 N–H and O–H groups in total. The first-order valence-corrected chi connectivity index (χ1v) is 7.42. The van der Waals surface area contributed by atoms with E-state index in [1.807, 2.05) is 0 Å². The molecule has 1 aromatic rings. The van der Waals surface area contributed by atoms with E-state index >= 15 is 0 Å². The highest BCUT2D eigenvalue weighted by Crippen LogP contribution is 2.39. The van der Waals surface area contributed by atoms with E-state index in [-0.39, 0.29) is 0 Å². The van der Waals surface area contributed by atoms with Crippen LogP contribution in [0.2, 0.25) is 0 Å². The van der Waals surface area contributed by atoms with Gasteiger partial charge in [-0.1, -0.05) is 18.6 Å². The zero-order valence-electron chi connectivity index (χ0n) is 10.8. The maximum absolute atomic E-state index is 5.59. The van der Waals surface area contributed by atoms with Crippen LogP contribution in [0.4, 0.5) is 0 Å². The van der Waals surface area contributed by atoms with E-state index in [9.17, 15) is 0 Å². The van der Waals surface area contributed by atoms with Gasteiger partial charge >= 0.3 is 0 Å². The van der Waals surface area contributed by atoms with Crippen molar-refractivity contribution in [2.45, 2.75) is 50.6 Å². The van der Waals surface area contributed by atoms with Gasteiger partial charge in [0.25, 0.3) is 0 Å². The summed E-state index contributed by atoms with van der Waals surface area (Å²) in [7, 11) is 0. The van der Waals surface area contributed by atoms with Gasteiger partial charge in [0.15, 0.2) is 0 Å². The van der Waals surface area contributed by atoms with Gasteiger partial charge in [0.1, 0.15) is 5.75 Å². The Kier molecular flexibility index (Phi) is 2.58. The van der Waals surface area contributed by atoms with Gasteiger partial charge in [-0.25, -0.2) is 0 Å². The monoisotopic (exact) mass is 243 g/mol. The van der Waals surface area contributed by atoms with Gasteiger partial charge in [-0.15, -0.1) is 0 Å². The molecule has 1 saturated carbocycles. The minimum Gasteiger partial charge on any atom is -0.493 e. The lowest BCUT2D eigenvalue weighted by Crippen LogP contribution is -2.40. The van der Waals surface area contributed by atoms with E-state index in [0.717, 1.165) is 30.7 Å². The van der Waals surface area contributed by atoms with Crippen LogP contribution in [0.15, 0.2) is 18.2 Å². The Morgan fingerprint density at radius 2 is 2.11 bits per heavy atom. The summed E-state index contributed by atoms with van der Waals surface area (Å²) in [6, 6.07) is 8.16. The molecule has 2 aliphatic heterocycles. The Morgan fingerprint density at radius 3 is 3.11 bits per heavy atom. The van der Waals surface area contributed by atoms with Crippen LogP contribution < -0.4 is 10.1 Å². The van der Waals surface area contributed by atoms with Crippen molar-refractivity contribution in [3.63, 3.8) is 0 Å². The first-order chi connectivity index (χ1) is 8.90. The number of rotatable bonds is 1. The van der Waals surface area contributed by atoms with Crippen LogP contribution in [0.3, 0.4) is 0 Å². The van der Waals surface area contributed by atoms with Crippen LogP contribution in [0.5, 0.6) is 5.75 Å². The number of benzene rings is 1. The SMILES string of the molecule is c1cc2c(cc1C1CCC3CCCC3N1)CCO2. The second kappa shape index (κ2) is 4.27. The largest absolute Gasteiger partial charge is 0.493 e. The van der Waals surface area contributed by atoms with Crippen molar-refractivity contribution in [2.24, 2.45) is 5.92 Å². The second-order valence-corrected chi connectivity index (χ2v) is 6.06. The number of ether oxygens (including phenoxy) is 1. The summed E-state index contributed by atoms with van der Waals surface area (Å²) in [5.74, 6) is 2.06. The smallest absolute Gasteiger partial charge is 0.122 e. The van der Waals surface area contributed by atoms with Gasteiger partial charge in [-0.05, 0) is 48.8 Å². The molecule has 0 spiro atoms. The van der Waals surface area contributed by atoms with Gasteiger partial charge in [0.05, 0.1) is 6.61 Å². The fourth-order valence-electron chi connectivity index (χ4n) is 4.01. The fraction of sp³-hybridized carbons (Fsp3) is 0.625. The van der Waals surface area contributed by atoms with E-state index in [2.05, 4.69) is 23.5 Å². The average molecular weight is 243 g/mol. The summed E-state index contributed by atoms with van der Waals surface area (Å²) in [4.78, 5) is 0. The molecule has 1 aliphatic carbocycles. The van der Waals surface area contributed by atoms with Crippen molar-refractivity contribution in [1.82, 2.24) is 5.32 Å². The van der Waals surface area contributed by atoms with E-state index < -0.39 is 0 Å². The highest BCUT2D eigenvalue weighted by Gasteiger charge is 2.33. The van der Waals surface area contributed by atoms with Crippen molar-refractivity contribution in [3.05, 3.63) is 29.3 Å². The van der Waals surface area contributed by atoms with Gasteiger partial charge in [-0.3, -0.25) is 0 Å². The van der Waals surface area contributed by atoms with Crippen LogP contribution in [0, 0.1) is 5.92 Å². The van der Waals surface area contributed by atoms with Crippen molar-refractivity contribution in [3.8, 4) is 5.75 Å². The molecule has 0 radical (unpaired) electrons. The highest BCUT2D eigenvalue weighted by atomic mass is 16.5. The molecule has 2 nitrogen and oxygen atoms in total. The molecule has 2 fully saturated rings. The number of hydrogen-bond acceptors (Lipinski definition) is 2. The lowest BCUT2D eigenvalue weighted by atomic mass is 9.86. The van der Waals surface area contributed by atoms with Crippen LogP contribution in [0.1, 0.15) is 49.3 Å². The van der Waals surface area contributed by atoms with E-state index in [0.29, 0.717) is 6.04 Å². The predicted molar refractivity (Wildman–Crippen MR) is 71.9 cm³/mol. The summed E-state index contributed by atoms with van der Waals surface area (Å²) < 4.78 is 5.59. The minimum absolute atomic E-state index is 0.579. The standard InChI is InChI=1S/C16H21NO/c1-2-11-4-6-15(17-14(11)3-1)12-5-7-16-13(10-12)8-9-18-16/h5,7,10-11,14-15,17H,1-4,6,8-9H2. The summed E-state index contributed by atoms with van der Waals surface area (Å²) in [6.45, 7) is 0.863. The van der Waals surface area contributed by atoms with E-state index in [1.54, 1.807) is 0 Å². The molecule has 2 heterocycles. The Morgan fingerprint density at radius 1 is 1.11 bits per heavy atom. The van der Waals surface area contributed by atoms with Crippen molar-refractivity contribution < 1.29 is 4.74 Å². The normalized spacial score (nSPS) is 33.9. The molecule has 18 heavy (non-hydrogen) atoms. The lowest BCUT2D eigenvalue weighted by Gasteiger charge is -2.34. The first kappa shape index (κ1) is 10.9. The molecular weight excluding hydrogens is 222 g/mol. The quantitative estimate of drug-likeness (QED) is 0.817. The van der Waals surface area contributed by atoms with Crippen molar-refractivity contribution in [1.29, 1.82) is 0 Å². The Hall–Kier alpha value is -1.02. The first-order valence-electron chi connectivity index (χ1n) is 7.42. The fourth-order valence-corrected chi connectivity index (χ4v) is 4.01. The van der Waals surface area contributed by atoms with Crippen molar-refractivity contribution >= 4 is 0 Å². The summed E-state index contributed by atoms with van der Waals surface area (Å²) >= 11 is 0. The molecule has 1 aromatic carbocycles. The van der Waals surface area contributed by atoms with Crippen LogP contribution >= 0.6 is 0 Å². The maximum atomic E-state index is 5.59. The molecular formula is C16H21NO. The number of fused-ring (bicyclic) bond motifs is 2. The molecule has 96 valence electrons. The topological polar surface area (TPSA) is 21.3 Å². The van der Waals surface area contributed by atoms with Gasteiger partial charge < -0.3 is 10.1 Å². The Labute approximate surface area is 109 Å². The molecule has 2 heteroatoms. The van der Waals surface area contributed by atoms with E-state index in [1.165, 1.54) is 43.2 Å². The lowest BCUT2D eigenvalue weighted by molar-refractivity contribution is 0.261. The number of hydrogen-bond donors (Lipinski definition) is 1. The molecule has 3 aliphatic rings. The van der Waals surface area contributed by atoms with Crippen LogP contribution in [-0.4, -0.2) is 12.6 Å². The average Bonchev–Trinajstić information content (AvgIpc) is 3.05. The van der Waals surface area contributed by atoms with E-state index in [4.69, 9.17) is 4.74 Å². The minimum atomic E-state index is 0.579. The second-order valence-electron chi connectivity index (χ2n) is 6.06. The highest BCUT2D eigenvalue weighted by molar-refractivity contribution is 5.41. The predicted octanol–water partition coefficient (Wildman–Crippen LogP) is 3.21. The molecule has 0 amide bonds. The zero-order chi connectivity index (χ0) is 11.9. The molecule has 4 rings (SSSR count). The van der Waals surface area contributed by atoms with Crippen molar-refractivity contribution in [2.75, 3.05) is 6.61 Å². The maximum Gasteiger partial charge on any atom is 0.122 e. The number of piperidine rings is 1. The molecule has 1 saturated heterocycles. The Bertz CT molecular complexity index is 456. The van der Waals surface area contributed by atoms with Gasteiger partial charge in [0, 0.05) is 18.5 Å². The summed E-state index contributed by atoms with van der Waals surface area (Å²) in [5, 5.41) is 3.88. The molecule has 0 bridgehead atoms. The molecule has 3 atom stereocenters. The zero-order valence-corrected chi connectivity index (χ0v) is 10.8. The third-order valence-corrected chi connectivity index (χ3v) is 5.02. The molecule has 0 aromatic heterocycles. The number of nitrogens with one attached hydrogen (secondary N) is 1. The van der Waals surface area contributed by atoms with Gasteiger partial charge in [0.2, 0.25) is 0 Å². The third-order valence-electron chi connectivity index (χ3n) is 5.02. The summed E-state index contributed by atoms with van der Waals surface area (Å²) in [6.07, 6.45) is 8.06. The third kappa shape index (κ3) is 1.74. The Balaban J connectivity index is 1.56.